The lowest BCUT2D eigenvalue weighted by Crippen LogP contribution is -2.48. The number of imide groups is 1. The van der Waals surface area contributed by atoms with Gasteiger partial charge in [0.25, 0.3) is 17.4 Å². The monoisotopic (exact) mass is 655 g/mol. The molecular weight excluding hydrogens is 621 g/mol. The highest BCUT2D eigenvalue weighted by molar-refractivity contribution is 6.87. The number of amides is 2. The zero-order valence-corrected chi connectivity index (χ0v) is 27.7. The van der Waals surface area contributed by atoms with Crippen LogP contribution in [0.1, 0.15) is 91.0 Å². The Morgan fingerprint density at radius 3 is 1.98 bits per heavy atom. The fourth-order valence-electron chi connectivity index (χ4n) is 10.3. The summed E-state index contributed by atoms with van der Waals surface area (Å²) in [6, 6.07) is 21.9. The molecule has 2 aliphatic carbocycles. The lowest BCUT2D eigenvalue weighted by atomic mass is 9.49. The Kier molecular flexibility index (Phi) is 5.81. The summed E-state index contributed by atoms with van der Waals surface area (Å²) in [5.41, 5.74) is 2.92. The Balaban J connectivity index is 1.31. The van der Waals surface area contributed by atoms with Crippen molar-refractivity contribution < 1.29 is 14.7 Å². The highest BCUT2D eigenvalue weighted by atomic mass is 16.3. The molecule has 244 valence electrons. The van der Waals surface area contributed by atoms with E-state index in [1.807, 2.05) is 48.5 Å². The van der Waals surface area contributed by atoms with Gasteiger partial charge in [0, 0.05) is 50.0 Å². The van der Waals surface area contributed by atoms with E-state index in [2.05, 4.69) is 18.2 Å². The Hall–Kier alpha value is -5.24. The lowest BCUT2D eigenvalue weighted by Gasteiger charge is -2.36. The predicted octanol–water partition coefficient (Wildman–Crippen LogP) is 6.65. The Morgan fingerprint density at radius 1 is 0.600 bits per heavy atom. The minimum Gasteiger partial charge on any atom is -0.494 e. The first-order valence-electron chi connectivity index (χ1n) is 18.3. The van der Waals surface area contributed by atoms with E-state index in [0.29, 0.717) is 27.3 Å². The zero-order valence-electron chi connectivity index (χ0n) is 27.7. The van der Waals surface area contributed by atoms with Gasteiger partial charge in [-0.2, -0.15) is 0 Å². The normalized spacial score (nSPS) is 18.6. The third-order valence-corrected chi connectivity index (χ3v) is 12.5. The van der Waals surface area contributed by atoms with E-state index in [9.17, 15) is 19.5 Å². The topological polar surface area (TPSA) is 92.0 Å². The quantitative estimate of drug-likeness (QED) is 0.1000. The molecule has 7 nitrogen and oxygen atoms in total. The average Bonchev–Trinajstić information content (AvgIpc) is 3.16. The maximum absolute atomic E-state index is 14.5. The number of nitrogens with zero attached hydrogens (tertiary/aromatic N) is 3. The largest absolute Gasteiger partial charge is 0.494 e. The van der Waals surface area contributed by atoms with Crippen molar-refractivity contribution in [2.75, 3.05) is 0 Å². The summed E-state index contributed by atoms with van der Waals surface area (Å²) in [4.78, 5) is 50.0. The summed E-state index contributed by atoms with van der Waals surface area (Å²) in [6.45, 7) is -0.395. The first kappa shape index (κ1) is 28.6. The number of aromatic nitrogens is 1. The number of carbonyl (C=O) groups excluding carboxylic acids is 2. The summed E-state index contributed by atoms with van der Waals surface area (Å²) < 4.78 is 1.66. The van der Waals surface area contributed by atoms with E-state index in [1.165, 1.54) is 0 Å². The van der Waals surface area contributed by atoms with E-state index in [1.54, 1.807) is 9.47 Å². The number of benzene rings is 6. The van der Waals surface area contributed by atoms with Gasteiger partial charge in [0.15, 0.2) is 0 Å². The molecule has 0 atom stereocenters. The number of hydrogen-bond acceptors (Lipinski definition) is 5. The molecular formula is C42H34BN3O4. The van der Waals surface area contributed by atoms with Crippen LogP contribution < -0.4 is 21.8 Å². The van der Waals surface area contributed by atoms with Crippen LogP contribution in [0.25, 0.3) is 53.9 Å². The molecule has 2 aliphatic heterocycles. The average molecular weight is 656 g/mol. The zero-order chi connectivity index (χ0) is 33.4. The highest BCUT2D eigenvalue weighted by Crippen LogP contribution is 2.47. The standard InChI is InChI=1S/C42H34BN3O4/c47-39-27-18-16-25-26-17-19-28-34-30(42(50)46(40(28)48)24-14-8-3-9-15-24)21-32-38(36(26)34)37-31(43(44-32)22-10-4-1-5-11-22)20-29(33(27)35(25)37)41(49)45(39)23-12-6-2-7-13-23/h1,4-5,10-11,16-21,23-24,49H,2-3,6-9,12-15H2. The summed E-state index contributed by atoms with van der Waals surface area (Å²) in [5.74, 6) is -0.405. The first-order valence-corrected chi connectivity index (χ1v) is 18.3. The first-order chi connectivity index (χ1) is 24.5. The van der Waals surface area contributed by atoms with Crippen LogP contribution in [0.2, 0.25) is 0 Å². The summed E-state index contributed by atoms with van der Waals surface area (Å²) in [6.07, 6.45) is 9.81. The van der Waals surface area contributed by atoms with Crippen LogP contribution in [0.5, 0.6) is 5.88 Å². The van der Waals surface area contributed by atoms with Crippen molar-refractivity contribution in [3.63, 3.8) is 0 Å². The predicted molar refractivity (Wildman–Crippen MR) is 199 cm³/mol. The van der Waals surface area contributed by atoms with Crippen LogP contribution in [-0.2, 0) is 0 Å². The molecule has 1 N–H and O–H groups in total. The van der Waals surface area contributed by atoms with Gasteiger partial charge in [-0.1, -0.05) is 87.1 Å². The summed E-state index contributed by atoms with van der Waals surface area (Å²) in [5, 5.41) is 21.1. The molecule has 0 spiro atoms. The molecule has 11 rings (SSSR count). The van der Waals surface area contributed by atoms with Crippen molar-refractivity contribution in [3.05, 3.63) is 93.6 Å². The van der Waals surface area contributed by atoms with E-state index < -0.39 is 6.85 Å². The second-order valence-corrected chi connectivity index (χ2v) is 15.0. The molecule has 1 aromatic heterocycles. The van der Waals surface area contributed by atoms with Crippen LogP contribution in [0.3, 0.4) is 0 Å². The molecule has 7 aromatic rings. The number of rotatable bonds is 3. The van der Waals surface area contributed by atoms with Gasteiger partial charge in [0.05, 0.1) is 10.9 Å². The van der Waals surface area contributed by atoms with Crippen molar-refractivity contribution in [1.29, 1.82) is 0 Å². The van der Waals surface area contributed by atoms with Gasteiger partial charge in [-0.15, -0.1) is 0 Å². The third kappa shape index (κ3) is 3.56. The number of aromatic hydroxyl groups is 1. The number of hydrogen-bond donors (Lipinski definition) is 1. The van der Waals surface area contributed by atoms with Crippen molar-refractivity contribution >= 4 is 83.4 Å². The molecule has 6 aromatic carbocycles. The van der Waals surface area contributed by atoms with Gasteiger partial charge >= 0.3 is 6.85 Å². The molecule has 0 saturated heterocycles. The van der Waals surface area contributed by atoms with Crippen LogP contribution in [0.4, 0.5) is 0 Å². The van der Waals surface area contributed by atoms with Gasteiger partial charge < -0.3 is 10.0 Å². The molecule has 2 amide bonds. The number of carbonyl (C=O) groups is 2. The Morgan fingerprint density at radius 2 is 1.24 bits per heavy atom. The second kappa shape index (κ2) is 10.2. The smallest absolute Gasteiger partial charge is 0.345 e. The van der Waals surface area contributed by atoms with Gasteiger partial charge in [0.1, 0.15) is 0 Å². The van der Waals surface area contributed by atoms with Crippen LogP contribution in [0.15, 0.2) is 76.4 Å². The van der Waals surface area contributed by atoms with Crippen molar-refractivity contribution in [2.24, 2.45) is 4.90 Å². The Bertz CT molecular complexity index is 2760. The van der Waals surface area contributed by atoms with Crippen LogP contribution >= 0.6 is 0 Å². The Labute approximate surface area is 287 Å². The molecule has 0 unspecified atom stereocenters. The lowest BCUT2D eigenvalue weighted by molar-refractivity contribution is 0.0503. The maximum Gasteiger partial charge on any atom is 0.345 e. The molecule has 2 saturated carbocycles. The van der Waals surface area contributed by atoms with Crippen molar-refractivity contribution in [2.45, 2.75) is 76.3 Å². The van der Waals surface area contributed by atoms with Crippen LogP contribution in [0, 0.1) is 0 Å². The fourth-order valence-corrected chi connectivity index (χ4v) is 10.3. The maximum atomic E-state index is 14.5. The van der Waals surface area contributed by atoms with Gasteiger partial charge in [-0.05, 0) is 76.4 Å². The van der Waals surface area contributed by atoms with Gasteiger partial charge in [-0.3, -0.25) is 23.9 Å². The molecule has 3 heterocycles. The summed E-state index contributed by atoms with van der Waals surface area (Å²) in [7, 11) is 0. The van der Waals surface area contributed by atoms with Gasteiger partial charge in [0.2, 0.25) is 5.88 Å². The molecule has 0 bridgehead atoms. The van der Waals surface area contributed by atoms with Crippen LogP contribution in [-0.4, -0.2) is 39.3 Å². The molecule has 4 aliphatic rings. The van der Waals surface area contributed by atoms with Gasteiger partial charge in [-0.25, -0.2) is 0 Å². The van der Waals surface area contributed by atoms with Crippen molar-refractivity contribution in [1.82, 2.24) is 9.47 Å². The molecule has 2 fully saturated rings. The third-order valence-electron chi connectivity index (χ3n) is 12.5. The number of pyridine rings is 1. The van der Waals surface area contributed by atoms with E-state index in [4.69, 9.17) is 4.90 Å². The second-order valence-electron chi connectivity index (χ2n) is 15.0. The molecule has 50 heavy (non-hydrogen) atoms. The fraction of sp³-hybridized carbons (Fsp3) is 0.286. The molecule has 8 heteroatoms. The molecule has 0 radical (unpaired) electrons. The number of fused-ring (bicyclic) bond motifs is 1. The van der Waals surface area contributed by atoms with Crippen molar-refractivity contribution in [3.8, 4) is 5.88 Å². The SMILES string of the molecule is O=C1c2ccc3c4ccc5c(=O)n(C6CCCCC6)c(O)c6cc7c(c8c(cc(c2c38)C(=O)N1C1CCCCC1)=NB7c1ccccc1)c4c65. The van der Waals surface area contributed by atoms with E-state index in [-0.39, 0.29) is 35.3 Å². The van der Waals surface area contributed by atoms with E-state index in [0.717, 1.165) is 118 Å². The highest BCUT2D eigenvalue weighted by Gasteiger charge is 2.40. The van der Waals surface area contributed by atoms with E-state index >= 15 is 0 Å². The summed E-state index contributed by atoms with van der Waals surface area (Å²) >= 11 is 0. The minimum absolute atomic E-state index is 0.0296. The minimum atomic E-state index is -0.395.